The molecule has 5 nitrogen and oxygen atoms in total. The van der Waals surface area contributed by atoms with E-state index in [1.54, 1.807) is 0 Å². The molecule has 2 N–H and O–H groups in total. The van der Waals surface area contributed by atoms with Crippen LogP contribution in [0.4, 0.5) is 4.39 Å². The number of carbonyl (C=O) groups excluding carboxylic acids is 2. The Kier molecular flexibility index (Phi) is 5.37. The van der Waals surface area contributed by atoms with Crippen molar-refractivity contribution in [2.75, 3.05) is 0 Å². The normalized spacial score (nSPS) is 10.4. The maximum Gasteiger partial charge on any atom is 0.329 e. The third-order valence-corrected chi connectivity index (χ3v) is 2.75. The third-order valence-electron chi connectivity index (χ3n) is 2.75. The van der Waals surface area contributed by atoms with Crippen molar-refractivity contribution in [3.05, 3.63) is 71.5 Å². The van der Waals surface area contributed by atoms with Crippen LogP contribution in [0.5, 0.6) is 0 Å². The Labute approximate surface area is 126 Å². The zero-order chi connectivity index (χ0) is 15.8. The van der Waals surface area contributed by atoms with E-state index in [4.69, 9.17) is 0 Å². The summed E-state index contributed by atoms with van der Waals surface area (Å²) in [7, 11) is 0. The van der Waals surface area contributed by atoms with E-state index < -0.39 is 11.8 Å². The summed E-state index contributed by atoms with van der Waals surface area (Å²) in [6, 6.07) is 14.8. The number of nitrogens with zero attached hydrogens (tertiary/aromatic N) is 1. The summed E-state index contributed by atoms with van der Waals surface area (Å²) >= 11 is 0. The molecule has 0 aromatic heterocycles. The second-order valence-corrected chi connectivity index (χ2v) is 4.42. The van der Waals surface area contributed by atoms with Gasteiger partial charge in [-0.3, -0.25) is 9.59 Å². The van der Waals surface area contributed by atoms with E-state index in [2.05, 4.69) is 15.8 Å². The largest absolute Gasteiger partial charge is 0.344 e. The van der Waals surface area contributed by atoms with Crippen molar-refractivity contribution in [1.29, 1.82) is 0 Å². The van der Waals surface area contributed by atoms with E-state index in [1.165, 1.54) is 30.5 Å². The number of carbonyl (C=O) groups is 2. The van der Waals surface area contributed by atoms with Crippen molar-refractivity contribution in [3.63, 3.8) is 0 Å². The lowest BCUT2D eigenvalue weighted by molar-refractivity contribution is -0.139. The van der Waals surface area contributed by atoms with Gasteiger partial charge in [-0.1, -0.05) is 42.5 Å². The van der Waals surface area contributed by atoms with E-state index in [0.717, 1.165) is 5.56 Å². The molecule has 0 unspecified atom stereocenters. The average molecular weight is 299 g/mol. The first kappa shape index (κ1) is 15.4. The lowest BCUT2D eigenvalue weighted by Gasteiger charge is -2.03. The predicted molar refractivity (Wildman–Crippen MR) is 80.4 cm³/mol. The molecule has 0 spiro atoms. The van der Waals surface area contributed by atoms with Crippen LogP contribution in [0.2, 0.25) is 0 Å². The van der Waals surface area contributed by atoms with E-state index in [9.17, 15) is 14.0 Å². The van der Waals surface area contributed by atoms with Gasteiger partial charge in [-0.05, 0) is 23.3 Å². The van der Waals surface area contributed by atoms with E-state index >= 15 is 0 Å². The highest BCUT2D eigenvalue weighted by Gasteiger charge is 2.11. The highest BCUT2D eigenvalue weighted by molar-refractivity contribution is 6.35. The van der Waals surface area contributed by atoms with Gasteiger partial charge in [-0.25, -0.2) is 9.82 Å². The number of amides is 2. The molecule has 2 rings (SSSR count). The maximum atomic E-state index is 12.7. The topological polar surface area (TPSA) is 70.6 Å². The first-order valence-corrected chi connectivity index (χ1v) is 6.56. The van der Waals surface area contributed by atoms with Crippen LogP contribution in [0.25, 0.3) is 0 Å². The summed E-state index contributed by atoms with van der Waals surface area (Å²) in [5.41, 5.74) is 3.60. The number of hydrazone groups is 1. The fourth-order valence-electron chi connectivity index (χ4n) is 1.62. The molecule has 0 atom stereocenters. The summed E-state index contributed by atoms with van der Waals surface area (Å²) in [6.45, 7) is 0.259. The minimum atomic E-state index is -0.866. The van der Waals surface area contributed by atoms with Crippen molar-refractivity contribution in [2.45, 2.75) is 6.54 Å². The molecule has 0 saturated heterocycles. The summed E-state index contributed by atoms with van der Waals surface area (Å²) < 4.78 is 12.7. The van der Waals surface area contributed by atoms with E-state index in [0.29, 0.717) is 5.56 Å². The Morgan fingerprint density at radius 2 is 1.68 bits per heavy atom. The molecule has 2 aromatic carbocycles. The Hall–Kier alpha value is -3.02. The van der Waals surface area contributed by atoms with Crippen LogP contribution >= 0.6 is 0 Å². The standard InChI is InChI=1S/C16H14FN3O2/c17-14-8-6-13(7-9-14)11-19-20-16(22)15(21)18-10-12-4-2-1-3-5-12/h1-9,11H,10H2,(H,18,21)(H,20,22). The molecule has 0 aliphatic rings. The number of hydrogen-bond donors (Lipinski definition) is 2. The quantitative estimate of drug-likeness (QED) is 0.511. The number of halogens is 1. The van der Waals surface area contributed by atoms with E-state index in [-0.39, 0.29) is 12.4 Å². The van der Waals surface area contributed by atoms with Crippen LogP contribution in [0.3, 0.4) is 0 Å². The molecule has 0 aliphatic carbocycles. The molecule has 2 amide bonds. The monoisotopic (exact) mass is 299 g/mol. The van der Waals surface area contributed by atoms with Crippen LogP contribution in [-0.2, 0) is 16.1 Å². The van der Waals surface area contributed by atoms with Gasteiger partial charge in [0.2, 0.25) is 0 Å². The SMILES string of the molecule is O=C(NCc1ccccc1)C(=O)NN=Cc1ccc(F)cc1. The van der Waals surface area contributed by atoms with E-state index in [1.807, 2.05) is 30.3 Å². The molecule has 0 radical (unpaired) electrons. The second kappa shape index (κ2) is 7.68. The molecular weight excluding hydrogens is 285 g/mol. The molecule has 2 aromatic rings. The third kappa shape index (κ3) is 4.82. The van der Waals surface area contributed by atoms with Gasteiger partial charge in [0.25, 0.3) is 0 Å². The molecule has 0 aliphatic heterocycles. The Bertz CT molecular complexity index is 670. The summed E-state index contributed by atoms with van der Waals surface area (Å²) in [5.74, 6) is -2.00. The minimum Gasteiger partial charge on any atom is -0.344 e. The molecular formula is C16H14FN3O2. The smallest absolute Gasteiger partial charge is 0.329 e. The Morgan fingerprint density at radius 1 is 1.00 bits per heavy atom. The summed E-state index contributed by atoms with van der Waals surface area (Å²) in [4.78, 5) is 23.1. The van der Waals surface area contributed by atoms with Crippen molar-refractivity contribution >= 4 is 18.0 Å². The maximum absolute atomic E-state index is 12.7. The van der Waals surface area contributed by atoms with Gasteiger partial charge >= 0.3 is 11.8 Å². The van der Waals surface area contributed by atoms with Gasteiger partial charge in [-0.2, -0.15) is 5.10 Å². The molecule has 0 fully saturated rings. The number of hydrogen-bond acceptors (Lipinski definition) is 3. The van der Waals surface area contributed by atoms with Gasteiger partial charge in [0.1, 0.15) is 5.82 Å². The van der Waals surface area contributed by atoms with Crippen LogP contribution in [0.1, 0.15) is 11.1 Å². The van der Waals surface area contributed by atoms with Crippen molar-refractivity contribution in [1.82, 2.24) is 10.7 Å². The number of nitrogens with one attached hydrogen (secondary N) is 2. The van der Waals surface area contributed by atoms with Crippen LogP contribution < -0.4 is 10.7 Å². The molecule has 0 heterocycles. The van der Waals surface area contributed by atoms with Crippen molar-refractivity contribution < 1.29 is 14.0 Å². The van der Waals surface area contributed by atoms with Crippen LogP contribution in [0.15, 0.2) is 59.7 Å². The fraction of sp³-hybridized carbons (Fsp3) is 0.0625. The predicted octanol–water partition coefficient (Wildman–Crippen LogP) is 1.59. The molecule has 6 heteroatoms. The number of benzene rings is 2. The van der Waals surface area contributed by atoms with Gasteiger partial charge in [0.05, 0.1) is 6.21 Å². The molecule has 112 valence electrons. The summed E-state index contributed by atoms with van der Waals surface area (Å²) in [5, 5.41) is 6.12. The molecule has 0 saturated carbocycles. The summed E-state index contributed by atoms with van der Waals surface area (Å²) in [6.07, 6.45) is 1.32. The molecule has 0 bridgehead atoms. The Morgan fingerprint density at radius 3 is 2.36 bits per heavy atom. The van der Waals surface area contributed by atoms with Crippen molar-refractivity contribution in [2.24, 2.45) is 5.10 Å². The van der Waals surface area contributed by atoms with Crippen LogP contribution in [0, 0.1) is 5.82 Å². The number of rotatable bonds is 4. The lowest BCUT2D eigenvalue weighted by atomic mass is 10.2. The van der Waals surface area contributed by atoms with Crippen LogP contribution in [-0.4, -0.2) is 18.0 Å². The van der Waals surface area contributed by atoms with Gasteiger partial charge in [0.15, 0.2) is 0 Å². The fourth-order valence-corrected chi connectivity index (χ4v) is 1.62. The molecule has 22 heavy (non-hydrogen) atoms. The highest BCUT2D eigenvalue weighted by atomic mass is 19.1. The van der Waals surface area contributed by atoms with Gasteiger partial charge in [0, 0.05) is 6.54 Å². The van der Waals surface area contributed by atoms with Crippen molar-refractivity contribution in [3.8, 4) is 0 Å². The first-order chi connectivity index (χ1) is 10.6. The average Bonchev–Trinajstić information content (AvgIpc) is 2.55. The first-order valence-electron chi connectivity index (χ1n) is 6.56. The van der Waals surface area contributed by atoms with Gasteiger partial charge in [-0.15, -0.1) is 0 Å². The Balaban J connectivity index is 1.79. The lowest BCUT2D eigenvalue weighted by Crippen LogP contribution is -2.37. The van der Waals surface area contributed by atoms with Gasteiger partial charge < -0.3 is 5.32 Å². The minimum absolute atomic E-state index is 0.259. The zero-order valence-electron chi connectivity index (χ0n) is 11.6. The zero-order valence-corrected chi connectivity index (χ0v) is 11.6. The highest BCUT2D eigenvalue weighted by Crippen LogP contribution is 1.99. The second-order valence-electron chi connectivity index (χ2n) is 4.42.